The Labute approximate surface area is 113 Å². The molecule has 1 unspecified atom stereocenters. The Hall–Kier alpha value is -1.75. The van der Waals surface area contributed by atoms with Crippen molar-refractivity contribution in [2.24, 2.45) is 0 Å². The molecule has 104 valence electrons. The number of esters is 1. The molecule has 3 N–H and O–H groups in total. The fraction of sp³-hybridized carbons (Fsp3) is 0.500. The van der Waals surface area contributed by atoms with Crippen LogP contribution in [-0.4, -0.2) is 31.3 Å². The number of hydrogen-bond donors (Lipinski definition) is 2. The van der Waals surface area contributed by atoms with E-state index in [9.17, 15) is 4.79 Å². The van der Waals surface area contributed by atoms with Gasteiger partial charge in [-0.15, -0.1) is 0 Å². The summed E-state index contributed by atoms with van der Waals surface area (Å²) in [6.45, 7) is 5.62. The molecule has 1 aromatic rings. The monoisotopic (exact) mass is 264 g/mol. The number of carbonyl (C=O) groups is 1. The molecule has 1 atom stereocenters. The lowest BCUT2D eigenvalue weighted by Crippen LogP contribution is -2.35. The van der Waals surface area contributed by atoms with Gasteiger partial charge in [-0.05, 0) is 38.5 Å². The first-order chi connectivity index (χ1) is 9.04. The first-order valence-corrected chi connectivity index (χ1v) is 6.47. The van der Waals surface area contributed by atoms with Gasteiger partial charge >= 0.3 is 5.97 Å². The van der Waals surface area contributed by atoms with Gasteiger partial charge in [0.25, 0.3) is 0 Å². The van der Waals surface area contributed by atoms with Gasteiger partial charge in [-0.25, -0.2) is 4.79 Å². The molecule has 19 heavy (non-hydrogen) atoms. The highest BCUT2D eigenvalue weighted by molar-refractivity contribution is 5.96. The lowest BCUT2D eigenvalue weighted by molar-refractivity contribution is 0.0527. The molecule has 0 aromatic heterocycles. The van der Waals surface area contributed by atoms with Crippen molar-refractivity contribution in [2.45, 2.75) is 25.8 Å². The SMILES string of the molecule is CCOC(=O)c1cc(NC2(C)CCOC2)ccc1N. The van der Waals surface area contributed by atoms with Crippen molar-refractivity contribution >= 4 is 17.3 Å². The van der Waals surface area contributed by atoms with Crippen LogP contribution in [-0.2, 0) is 9.47 Å². The van der Waals surface area contributed by atoms with Gasteiger partial charge in [0, 0.05) is 18.0 Å². The average Bonchev–Trinajstić information content (AvgIpc) is 2.79. The van der Waals surface area contributed by atoms with E-state index in [1.165, 1.54) is 0 Å². The molecular formula is C14H20N2O3. The Bertz CT molecular complexity index is 468. The van der Waals surface area contributed by atoms with Crippen LogP contribution in [0.2, 0.25) is 0 Å². The Morgan fingerprint density at radius 1 is 1.58 bits per heavy atom. The summed E-state index contributed by atoms with van der Waals surface area (Å²) >= 11 is 0. The van der Waals surface area contributed by atoms with Crippen molar-refractivity contribution in [1.82, 2.24) is 0 Å². The fourth-order valence-electron chi connectivity index (χ4n) is 2.13. The van der Waals surface area contributed by atoms with E-state index < -0.39 is 5.97 Å². The zero-order chi connectivity index (χ0) is 13.9. The van der Waals surface area contributed by atoms with E-state index in [0.717, 1.165) is 18.7 Å². The van der Waals surface area contributed by atoms with E-state index >= 15 is 0 Å². The van der Waals surface area contributed by atoms with Gasteiger partial charge in [-0.3, -0.25) is 0 Å². The van der Waals surface area contributed by atoms with Crippen molar-refractivity contribution < 1.29 is 14.3 Å². The molecule has 5 heteroatoms. The number of rotatable bonds is 4. The molecule has 0 amide bonds. The lowest BCUT2D eigenvalue weighted by atomic mass is 10.0. The summed E-state index contributed by atoms with van der Waals surface area (Å²) in [4.78, 5) is 11.8. The Morgan fingerprint density at radius 3 is 3.00 bits per heavy atom. The summed E-state index contributed by atoms with van der Waals surface area (Å²) < 4.78 is 10.4. The zero-order valence-corrected chi connectivity index (χ0v) is 11.4. The summed E-state index contributed by atoms with van der Waals surface area (Å²) in [5.41, 5.74) is 7.39. The zero-order valence-electron chi connectivity index (χ0n) is 11.4. The molecule has 1 heterocycles. The number of hydrogen-bond acceptors (Lipinski definition) is 5. The molecule has 0 spiro atoms. The van der Waals surface area contributed by atoms with E-state index in [4.69, 9.17) is 15.2 Å². The molecule has 1 fully saturated rings. The molecule has 0 saturated carbocycles. The lowest BCUT2D eigenvalue weighted by Gasteiger charge is -2.25. The maximum Gasteiger partial charge on any atom is 0.340 e. The highest BCUT2D eigenvalue weighted by Crippen LogP contribution is 2.26. The minimum atomic E-state index is -0.392. The van der Waals surface area contributed by atoms with Crippen LogP contribution >= 0.6 is 0 Å². The van der Waals surface area contributed by atoms with Crippen LogP contribution in [0.25, 0.3) is 0 Å². The highest BCUT2D eigenvalue weighted by Gasteiger charge is 2.29. The fourth-order valence-corrected chi connectivity index (χ4v) is 2.13. The summed E-state index contributed by atoms with van der Waals surface area (Å²) in [7, 11) is 0. The van der Waals surface area contributed by atoms with Gasteiger partial charge < -0.3 is 20.5 Å². The van der Waals surface area contributed by atoms with Crippen molar-refractivity contribution in [3.8, 4) is 0 Å². The maximum absolute atomic E-state index is 11.8. The summed E-state index contributed by atoms with van der Waals surface area (Å²) in [5, 5.41) is 3.39. The molecule has 1 aromatic carbocycles. The van der Waals surface area contributed by atoms with Crippen LogP contribution in [0.5, 0.6) is 0 Å². The second-order valence-electron chi connectivity index (χ2n) is 5.01. The van der Waals surface area contributed by atoms with Crippen molar-refractivity contribution in [1.29, 1.82) is 0 Å². The standard InChI is InChI=1S/C14H20N2O3/c1-3-19-13(17)11-8-10(4-5-12(11)15)16-14(2)6-7-18-9-14/h4-5,8,16H,3,6-7,9,15H2,1-2H3. The van der Waals surface area contributed by atoms with E-state index in [1.54, 1.807) is 19.1 Å². The Kier molecular flexibility index (Phi) is 3.95. The van der Waals surface area contributed by atoms with Crippen LogP contribution in [0, 0.1) is 0 Å². The number of nitrogens with two attached hydrogens (primary N) is 1. The predicted octanol–water partition coefficient (Wildman–Crippen LogP) is 2.04. The van der Waals surface area contributed by atoms with Crippen molar-refractivity contribution in [3.63, 3.8) is 0 Å². The number of nitrogen functional groups attached to an aromatic ring is 1. The molecular weight excluding hydrogens is 244 g/mol. The Balaban J connectivity index is 2.18. The van der Waals surface area contributed by atoms with Crippen LogP contribution in [0.4, 0.5) is 11.4 Å². The number of ether oxygens (including phenoxy) is 2. The van der Waals surface area contributed by atoms with Gasteiger partial charge in [0.05, 0.1) is 24.3 Å². The van der Waals surface area contributed by atoms with Crippen LogP contribution < -0.4 is 11.1 Å². The number of carbonyl (C=O) groups excluding carboxylic acids is 1. The van der Waals surface area contributed by atoms with E-state index in [0.29, 0.717) is 24.5 Å². The summed E-state index contributed by atoms with van der Waals surface area (Å²) in [6.07, 6.45) is 0.937. The van der Waals surface area contributed by atoms with Gasteiger partial charge in [0.2, 0.25) is 0 Å². The van der Waals surface area contributed by atoms with E-state index in [-0.39, 0.29) is 5.54 Å². The van der Waals surface area contributed by atoms with Crippen molar-refractivity contribution in [2.75, 3.05) is 30.9 Å². The summed E-state index contributed by atoms with van der Waals surface area (Å²) in [5.74, 6) is -0.392. The van der Waals surface area contributed by atoms with Crippen LogP contribution in [0.15, 0.2) is 18.2 Å². The molecule has 1 saturated heterocycles. The molecule has 0 aliphatic carbocycles. The van der Waals surface area contributed by atoms with E-state index in [1.807, 2.05) is 6.07 Å². The third-order valence-corrected chi connectivity index (χ3v) is 3.21. The highest BCUT2D eigenvalue weighted by atomic mass is 16.5. The number of benzene rings is 1. The molecule has 0 radical (unpaired) electrons. The van der Waals surface area contributed by atoms with Crippen molar-refractivity contribution in [3.05, 3.63) is 23.8 Å². The first kappa shape index (κ1) is 13.7. The van der Waals surface area contributed by atoms with Gasteiger partial charge in [0.1, 0.15) is 0 Å². The average molecular weight is 264 g/mol. The third kappa shape index (κ3) is 3.17. The second-order valence-corrected chi connectivity index (χ2v) is 5.01. The van der Waals surface area contributed by atoms with Crippen LogP contribution in [0.1, 0.15) is 30.6 Å². The van der Waals surface area contributed by atoms with Gasteiger partial charge in [-0.1, -0.05) is 0 Å². The minimum absolute atomic E-state index is 0.0952. The quantitative estimate of drug-likeness (QED) is 0.643. The molecule has 1 aliphatic heterocycles. The van der Waals surface area contributed by atoms with Gasteiger partial charge in [0.15, 0.2) is 0 Å². The largest absolute Gasteiger partial charge is 0.462 e. The molecule has 0 bridgehead atoms. The topological polar surface area (TPSA) is 73.6 Å². The number of nitrogens with one attached hydrogen (secondary N) is 1. The predicted molar refractivity (Wildman–Crippen MR) is 74.3 cm³/mol. The molecule has 5 nitrogen and oxygen atoms in total. The Morgan fingerprint density at radius 2 is 2.37 bits per heavy atom. The number of anilines is 2. The molecule has 1 aliphatic rings. The molecule has 2 rings (SSSR count). The normalized spacial score (nSPS) is 22.2. The first-order valence-electron chi connectivity index (χ1n) is 6.47. The minimum Gasteiger partial charge on any atom is -0.462 e. The van der Waals surface area contributed by atoms with Gasteiger partial charge in [-0.2, -0.15) is 0 Å². The summed E-state index contributed by atoms with van der Waals surface area (Å²) in [6, 6.07) is 5.31. The van der Waals surface area contributed by atoms with E-state index in [2.05, 4.69) is 12.2 Å². The third-order valence-electron chi connectivity index (χ3n) is 3.21. The second kappa shape index (κ2) is 5.48. The maximum atomic E-state index is 11.8. The smallest absolute Gasteiger partial charge is 0.340 e. The van der Waals surface area contributed by atoms with Crippen LogP contribution in [0.3, 0.4) is 0 Å².